The third kappa shape index (κ3) is 4.06. The van der Waals surface area contributed by atoms with Gasteiger partial charge in [0.05, 0.1) is 12.0 Å². The number of halogens is 1. The highest BCUT2D eigenvalue weighted by Crippen LogP contribution is 2.21. The first-order chi connectivity index (χ1) is 9.92. The Hall–Kier alpha value is -1.37. The van der Waals surface area contributed by atoms with Gasteiger partial charge in [-0.1, -0.05) is 28.1 Å². The van der Waals surface area contributed by atoms with Gasteiger partial charge in [0.1, 0.15) is 5.75 Å². The van der Waals surface area contributed by atoms with Gasteiger partial charge in [0.25, 0.3) is 0 Å². The quantitative estimate of drug-likeness (QED) is 0.877. The SMILES string of the molecule is COc1ccc(S(=O)(=O)NC(C)c2cccc(Br)c2)cc1. The van der Waals surface area contributed by atoms with E-state index in [0.29, 0.717) is 5.75 Å². The molecule has 4 nitrogen and oxygen atoms in total. The maximum absolute atomic E-state index is 12.3. The van der Waals surface area contributed by atoms with Gasteiger partial charge in [-0.25, -0.2) is 13.1 Å². The molecule has 0 aliphatic carbocycles. The maximum Gasteiger partial charge on any atom is 0.241 e. The molecular weight excluding hydrogens is 354 g/mol. The zero-order valence-electron chi connectivity index (χ0n) is 11.7. The van der Waals surface area contributed by atoms with E-state index in [9.17, 15) is 8.42 Å². The average Bonchev–Trinajstić information content (AvgIpc) is 2.47. The molecule has 2 aromatic carbocycles. The second kappa shape index (κ2) is 6.60. The molecular formula is C15H16BrNO3S. The summed E-state index contributed by atoms with van der Waals surface area (Å²) in [5.74, 6) is 0.619. The first-order valence-electron chi connectivity index (χ1n) is 6.34. The van der Waals surface area contributed by atoms with Crippen LogP contribution in [0.25, 0.3) is 0 Å². The van der Waals surface area contributed by atoms with Gasteiger partial charge < -0.3 is 4.74 Å². The van der Waals surface area contributed by atoms with E-state index < -0.39 is 10.0 Å². The van der Waals surface area contributed by atoms with Crippen LogP contribution in [0.4, 0.5) is 0 Å². The fourth-order valence-electron chi connectivity index (χ4n) is 1.90. The van der Waals surface area contributed by atoms with Crippen LogP contribution in [0.3, 0.4) is 0 Å². The van der Waals surface area contributed by atoms with Crippen molar-refractivity contribution in [3.63, 3.8) is 0 Å². The summed E-state index contributed by atoms with van der Waals surface area (Å²) >= 11 is 3.38. The minimum absolute atomic E-state index is 0.213. The van der Waals surface area contributed by atoms with Gasteiger partial charge in [-0.05, 0) is 48.9 Å². The van der Waals surface area contributed by atoms with E-state index in [0.717, 1.165) is 10.0 Å². The molecule has 2 aromatic rings. The number of nitrogens with one attached hydrogen (secondary N) is 1. The smallest absolute Gasteiger partial charge is 0.241 e. The summed E-state index contributed by atoms with van der Waals surface area (Å²) in [4.78, 5) is 0.213. The van der Waals surface area contributed by atoms with Gasteiger partial charge in [-0.3, -0.25) is 0 Å². The van der Waals surface area contributed by atoms with Crippen molar-refractivity contribution >= 4 is 26.0 Å². The van der Waals surface area contributed by atoms with Gasteiger partial charge in [-0.15, -0.1) is 0 Å². The van der Waals surface area contributed by atoms with Crippen molar-refractivity contribution in [2.24, 2.45) is 0 Å². The zero-order valence-corrected chi connectivity index (χ0v) is 14.1. The Kier molecular flexibility index (Phi) is 5.03. The summed E-state index contributed by atoms with van der Waals surface area (Å²) in [6.07, 6.45) is 0. The number of methoxy groups -OCH3 is 1. The number of sulfonamides is 1. The number of hydrogen-bond acceptors (Lipinski definition) is 3. The largest absolute Gasteiger partial charge is 0.497 e. The van der Waals surface area contributed by atoms with Gasteiger partial charge in [0, 0.05) is 10.5 Å². The molecule has 0 amide bonds. The molecule has 1 unspecified atom stereocenters. The molecule has 0 saturated carbocycles. The van der Waals surface area contributed by atoms with Crippen LogP contribution in [-0.4, -0.2) is 15.5 Å². The molecule has 0 bridgehead atoms. The molecule has 112 valence electrons. The van der Waals surface area contributed by atoms with Crippen LogP contribution in [0, 0.1) is 0 Å². The Morgan fingerprint density at radius 1 is 1.14 bits per heavy atom. The van der Waals surface area contributed by atoms with Gasteiger partial charge in [0.2, 0.25) is 10.0 Å². The van der Waals surface area contributed by atoms with Crippen molar-refractivity contribution in [2.75, 3.05) is 7.11 Å². The molecule has 0 heterocycles. The Balaban J connectivity index is 2.20. The monoisotopic (exact) mass is 369 g/mol. The molecule has 0 saturated heterocycles. The van der Waals surface area contributed by atoms with E-state index >= 15 is 0 Å². The Morgan fingerprint density at radius 2 is 1.81 bits per heavy atom. The fraction of sp³-hybridized carbons (Fsp3) is 0.200. The van der Waals surface area contributed by atoms with E-state index in [-0.39, 0.29) is 10.9 Å². The number of rotatable bonds is 5. The molecule has 0 radical (unpaired) electrons. The van der Waals surface area contributed by atoms with Crippen molar-refractivity contribution in [3.05, 3.63) is 58.6 Å². The van der Waals surface area contributed by atoms with Crippen molar-refractivity contribution in [2.45, 2.75) is 17.9 Å². The van der Waals surface area contributed by atoms with Gasteiger partial charge in [-0.2, -0.15) is 0 Å². The molecule has 0 fully saturated rings. The van der Waals surface area contributed by atoms with E-state index in [2.05, 4.69) is 20.7 Å². The standard InChI is InChI=1S/C15H16BrNO3S/c1-11(12-4-3-5-13(16)10-12)17-21(18,19)15-8-6-14(20-2)7-9-15/h3-11,17H,1-2H3. The minimum atomic E-state index is -3.57. The normalized spacial score (nSPS) is 12.9. The lowest BCUT2D eigenvalue weighted by Crippen LogP contribution is -2.26. The summed E-state index contributed by atoms with van der Waals surface area (Å²) in [5.41, 5.74) is 0.890. The Morgan fingerprint density at radius 3 is 2.38 bits per heavy atom. The van der Waals surface area contributed by atoms with E-state index in [1.165, 1.54) is 19.2 Å². The van der Waals surface area contributed by atoms with Crippen LogP contribution in [0.2, 0.25) is 0 Å². The van der Waals surface area contributed by atoms with Crippen molar-refractivity contribution in [3.8, 4) is 5.75 Å². The zero-order chi connectivity index (χ0) is 15.5. The summed E-state index contributed by atoms with van der Waals surface area (Å²) in [7, 11) is -2.03. The van der Waals surface area contributed by atoms with Crippen LogP contribution in [0.5, 0.6) is 5.75 Å². The molecule has 2 rings (SSSR count). The maximum atomic E-state index is 12.3. The molecule has 0 aliphatic rings. The fourth-order valence-corrected chi connectivity index (χ4v) is 3.55. The van der Waals surface area contributed by atoms with Crippen LogP contribution < -0.4 is 9.46 Å². The Bertz CT molecular complexity index is 714. The highest BCUT2D eigenvalue weighted by atomic mass is 79.9. The van der Waals surface area contributed by atoms with Crippen LogP contribution in [0.15, 0.2) is 57.9 Å². The van der Waals surface area contributed by atoms with Crippen LogP contribution >= 0.6 is 15.9 Å². The molecule has 1 N–H and O–H groups in total. The van der Waals surface area contributed by atoms with Crippen LogP contribution in [0.1, 0.15) is 18.5 Å². The van der Waals surface area contributed by atoms with Crippen molar-refractivity contribution in [1.82, 2.24) is 4.72 Å². The van der Waals surface area contributed by atoms with E-state index in [1.807, 2.05) is 31.2 Å². The van der Waals surface area contributed by atoms with Gasteiger partial charge in [0.15, 0.2) is 0 Å². The predicted molar refractivity (Wildman–Crippen MR) is 85.9 cm³/mol. The highest BCUT2D eigenvalue weighted by Gasteiger charge is 2.18. The number of benzene rings is 2. The van der Waals surface area contributed by atoms with E-state index in [4.69, 9.17) is 4.74 Å². The third-order valence-corrected chi connectivity index (χ3v) is 5.10. The molecule has 0 aromatic heterocycles. The average molecular weight is 370 g/mol. The second-order valence-corrected chi connectivity index (χ2v) is 7.20. The van der Waals surface area contributed by atoms with Gasteiger partial charge >= 0.3 is 0 Å². The highest BCUT2D eigenvalue weighted by molar-refractivity contribution is 9.10. The molecule has 1 atom stereocenters. The topological polar surface area (TPSA) is 55.4 Å². The number of ether oxygens (including phenoxy) is 1. The summed E-state index contributed by atoms with van der Waals surface area (Å²) < 4.78 is 33.3. The van der Waals surface area contributed by atoms with Crippen molar-refractivity contribution in [1.29, 1.82) is 0 Å². The Labute approximate surface area is 133 Å². The summed E-state index contributed by atoms with van der Waals surface area (Å²) in [6, 6.07) is 13.5. The summed E-state index contributed by atoms with van der Waals surface area (Å²) in [6.45, 7) is 1.81. The minimum Gasteiger partial charge on any atom is -0.497 e. The van der Waals surface area contributed by atoms with E-state index in [1.54, 1.807) is 12.1 Å². The predicted octanol–water partition coefficient (Wildman–Crippen LogP) is 3.50. The molecule has 6 heteroatoms. The third-order valence-electron chi connectivity index (χ3n) is 3.05. The van der Waals surface area contributed by atoms with Crippen LogP contribution in [-0.2, 0) is 10.0 Å². The second-order valence-electron chi connectivity index (χ2n) is 4.57. The molecule has 0 aliphatic heterocycles. The lowest BCUT2D eigenvalue weighted by Gasteiger charge is -2.15. The lowest BCUT2D eigenvalue weighted by atomic mass is 10.1. The molecule has 0 spiro atoms. The van der Waals surface area contributed by atoms with Crippen molar-refractivity contribution < 1.29 is 13.2 Å². The molecule has 21 heavy (non-hydrogen) atoms. The first-order valence-corrected chi connectivity index (χ1v) is 8.62. The summed E-state index contributed by atoms with van der Waals surface area (Å²) in [5, 5.41) is 0. The number of hydrogen-bond donors (Lipinski definition) is 1. The lowest BCUT2D eigenvalue weighted by molar-refractivity contribution is 0.414. The first kappa shape index (κ1) is 16.0.